The van der Waals surface area contributed by atoms with Gasteiger partial charge in [0, 0.05) is 0 Å². The van der Waals surface area contributed by atoms with E-state index in [0.717, 1.165) is 0 Å². The van der Waals surface area contributed by atoms with Gasteiger partial charge >= 0.3 is 5.97 Å². The van der Waals surface area contributed by atoms with E-state index in [4.69, 9.17) is 4.74 Å². The van der Waals surface area contributed by atoms with Gasteiger partial charge in [0.1, 0.15) is 12.6 Å². The third-order valence-corrected chi connectivity index (χ3v) is 3.30. The first-order valence-corrected chi connectivity index (χ1v) is 7.77. The Morgan fingerprint density at radius 3 is 2.81 bits per heavy atom. The van der Waals surface area contributed by atoms with Crippen LogP contribution in [0.1, 0.15) is 19.3 Å². The molecule has 1 unspecified atom stereocenters. The molecule has 0 fully saturated rings. The number of carbonyl (C=O) groups excluding carboxylic acids is 2. The lowest BCUT2D eigenvalue weighted by Gasteiger charge is -2.18. The lowest BCUT2D eigenvalue weighted by Crippen LogP contribution is -2.42. The highest BCUT2D eigenvalue weighted by atomic mass is 32.2. The molecule has 2 N–H and O–H groups in total. The number of esters is 1. The molecule has 118 valence electrons. The molecule has 2 atom stereocenters. The minimum atomic E-state index is -0.790. The lowest BCUT2D eigenvalue weighted by molar-refractivity contribution is -0.147. The number of hydrogen-bond donors (Lipinski definition) is 2. The van der Waals surface area contributed by atoms with E-state index in [0.29, 0.717) is 19.4 Å². The van der Waals surface area contributed by atoms with Crippen molar-refractivity contribution in [2.45, 2.75) is 30.7 Å². The van der Waals surface area contributed by atoms with Gasteiger partial charge in [-0.1, -0.05) is 6.58 Å². The Morgan fingerprint density at radius 1 is 1.52 bits per heavy atom. The molecular weight excluding hydrogens is 292 g/mol. The number of nitrogens with one attached hydrogen (secondary N) is 1. The summed E-state index contributed by atoms with van der Waals surface area (Å²) in [5.74, 6) is -0.864. The van der Waals surface area contributed by atoms with Crippen LogP contribution in [0.2, 0.25) is 0 Å². The van der Waals surface area contributed by atoms with Crippen LogP contribution in [0.3, 0.4) is 0 Å². The molecule has 21 heavy (non-hydrogen) atoms. The van der Waals surface area contributed by atoms with E-state index in [1.807, 2.05) is 0 Å². The monoisotopic (exact) mass is 314 g/mol. The summed E-state index contributed by atoms with van der Waals surface area (Å²) in [6.07, 6.45) is 3.99. The van der Waals surface area contributed by atoms with E-state index in [9.17, 15) is 14.7 Å². The van der Waals surface area contributed by atoms with Gasteiger partial charge in [-0.2, -0.15) is 0 Å². The molecule has 6 nitrogen and oxygen atoms in total. The molecule has 0 bridgehead atoms. The molecule has 0 aliphatic carbocycles. The summed E-state index contributed by atoms with van der Waals surface area (Å²) in [7, 11) is 0. The second kappa shape index (κ2) is 12.2. The van der Waals surface area contributed by atoms with Crippen molar-refractivity contribution in [3.05, 3.63) is 18.4 Å². The highest BCUT2D eigenvalue weighted by molar-refractivity contribution is 7.99. The van der Waals surface area contributed by atoms with Crippen LogP contribution in [0, 0.1) is 0 Å². The van der Waals surface area contributed by atoms with Crippen LogP contribution < -0.4 is 5.32 Å². The number of carbonyl (C=O) groups is 2. The van der Waals surface area contributed by atoms with Crippen LogP contribution in [0.15, 0.2) is 23.4 Å². The molecular formula is C14H22N2O4S. The van der Waals surface area contributed by atoms with Gasteiger partial charge in [-0.05, 0) is 31.9 Å². The van der Waals surface area contributed by atoms with Crippen LogP contribution in [0.5, 0.6) is 0 Å². The number of ether oxygens (including phenoxy) is 1. The van der Waals surface area contributed by atoms with E-state index in [1.54, 1.807) is 6.26 Å². The van der Waals surface area contributed by atoms with Crippen LogP contribution >= 0.6 is 11.8 Å². The standard InChI is InChI=1S/C14H22N2O4S/c1-4-5-6-12(17)16-11(7-8-13(18)21-3)14(19)20-10-9-15-2/h5,11,13,18H,1-2,6-10H2,3H3,(H,16,17)/t11-,13?/m0/s1. The van der Waals surface area contributed by atoms with Crippen molar-refractivity contribution in [1.29, 1.82) is 0 Å². The summed E-state index contributed by atoms with van der Waals surface area (Å²) in [6.45, 7) is 7.08. The van der Waals surface area contributed by atoms with Gasteiger partial charge in [-0.15, -0.1) is 17.5 Å². The number of hydrogen-bond acceptors (Lipinski definition) is 6. The predicted molar refractivity (Wildman–Crippen MR) is 84.4 cm³/mol. The van der Waals surface area contributed by atoms with Gasteiger partial charge < -0.3 is 15.2 Å². The maximum Gasteiger partial charge on any atom is 0.328 e. The Morgan fingerprint density at radius 2 is 2.24 bits per heavy atom. The molecule has 0 heterocycles. The number of aliphatic hydroxyl groups excluding tert-OH is 1. The number of thioether (sulfide) groups is 1. The van der Waals surface area contributed by atoms with Crippen molar-refractivity contribution in [3.63, 3.8) is 0 Å². The fraction of sp³-hybridized carbons (Fsp3) is 0.571. The van der Waals surface area contributed by atoms with Crippen LogP contribution in [-0.4, -0.2) is 54.6 Å². The molecule has 1 amide bonds. The number of rotatable bonds is 11. The van der Waals surface area contributed by atoms with Crippen molar-refractivity contribution < 1.29 is 19.4 Å². The van der Waals surface area contributed by atoms with Gasteiger partial charge in [0.05, 0.1) is 18.4 Å². The van der Waals surface area contributed by atoms with Gasteiger partial charge in [0.25, 0.3) is 0 Å². The van der Waals surface area contributed by atoms with E-state index >= 15 is 0 Å². The number of nitrogens with zero attached hydrogens (tertiary/aromatic N) is 1. The summed E-state index contributed by atoms with van der Waals surface area (Å²) in [5, 5.41) is 12.1. The molecule has 0 radical (unpaired) electrons. The topological polar surface area (TPSA) is 88.0 Å². The summed E-state index contributed by atoms with van der Waals surface area (Å²) in [4.78, 5) is 27.1. The zero-order valence-corrected chi connectivity index (χ0v) is 13.0. The number of amides is 1. The molecule has 0 aromatic rings. The average molecular weight is 314 g/mol. The maximum absolute atomic E-state index is 11.9. The van der Waals surface area contributed by atoms with Gasteiger partial charge in [-0.3, -0.25) is 9.79 Å². The highest BCUT2D eigenvalue weighted by Gasteiger charge is 2.22. The Balaban J connectivity index is 4.50. The van der Waals surface area contributed by atoms with Gasteiger partial charge in [0.2, 0.25) is 5.91 Å². The lowest BCUT2D eigenvalue weighted by atomic mass is 10.1. The Bertz CT molecular complexity index is 394. The molecule has 7 heteroatoms. The first-order valence-electron chi connectivity index (χ1n) is 6.48. The Hall–Kier alpha value is -1.56. The van der Waals surface area contributed by atoms with Crippen molar-refractivity contribution >= 4 is 30.4 Å². The molecule has 0 spiro atoms. The van der Waals surface area contributed by atoms with Crippen molar-refractivity contribution in [2.75, 3.05) is 19.4 Å². The first-order chi connectivity index (χ1) is 10.0. The molecule has 0 aromatic heterocycles. The summed E-state index contributed by atoms with van der Waals surface area (Å²) in [6, 6.07) is -0.790. The molecule has 0 saturated carbocycles. The largest absolute Gasteiger partial charge is 0.462 e. The molecule has 0 rings (SSSR count). The molecule has 0 aliphatic heterocycles. The molecule has 0 aliphatic rings. The van der Waals surface area contributed by atoms with Crippen molar-refractivity contribution in [2.24, 2.45) is 4.99 Å². The third-order valence-electron chi connectivity index (χ3n) is 2.52. The van der Waals surface area contributed by atoms with Crippen LogP contribution in [0.25, 0.3) is 0 Å². The van der Waals surface area contributed by atoms with E-state index in [-0.39, 0.29) is 18.9 Å². The Kier molecular flexibility index (Phi) is 11.3. The molecule has 0 aromatic carbocycles. The van der Waals surface area contributed by atoms with Crippen LogP contribution in [-0.2, 0) is 14.3 Å². The zero-order chi connectivity index (χ0) is 16.1. The molecule has 0 saturated heterocycles. The summed E-state index contributed by atoms with van der Waals surface area (Å²) in [5.41, 5.74) is 1.90. The highest BCUT2D eigenvalue weighted by Crippen LogP contribution is 2.12. The predicted octanol–water partition coefficient (Wildman–Crippen LogP) is 0.908. The third kappa shape index (κ3) is 9.90. The van der Waals surface area contributed by atoms with E-state index in [1.165, 1.54) is 17.8 Å². The van der Waals surface area contributed by atoms with Gasteiger partial charge in [-0.25, -0.2) is 4.79 Å². The minimum absolute atomic E-state index is 0.0899. The normalized spacial score (nSPS) is 12.7. The number of aliphatic imine (C=N–C) groups is 1. The minimum Gasteiger partial charge on any atom is -0.462 e. The quantitative estimate of drug-likeness (QED) is 0.195. The maximum atomic E-state index is 11.9. The summed E-state index contributed by atoms with van der Waals surface area (Å²) >= 11 is 1.28. The average Bonchev–Trinajstić information content (AvgIpc) is 2.48. The first kappa shape index (κ1) is 19.4. The zero-order valence-electron chi connectivity index (χ0n) is 12.2. The smallest absolute Gasteiger partial charge is 0.328 e. The van der Waals surface area contributed by atoms with E-state index in [2.05, 4.69) is 29.3 Å². The summed E-state index contributed by atoms with van der Waals surface area (Å²) < 4.78 is 5.00. The SMILES string of the molecule is C=C=CCC(=O)N[C@@H](CCC(O)SC)C(=O)OCCN=C. The van der Waals surface area contributed by atoms with E-state index < -0.39 is 17.4 Å². The second-order valence-electron chi connectivity index (χ2n) is 4.11. The second-order valence-corrected chi connectivity index (χ2v) is 5.13. The van der Waals surface area contributed by atoms with Crippen molar-refractivity contribution in [3.8, 4) is 0 Å². The van der Waals surface area contributed by atoms with Gasteiger partial charge in [0.15, 0.2) is 0 Å². The number of aliphatic hydroxyl groups is 1. The Labute approximate surface area is 129 Å². The van der Waals surface area contributed by atoms with Crippen molar-refractivity contribution in [1.82, 2.24) is 5.32 Å². The van der Waals surface area contributed by atoms with Crippen LogP contribution in [0.4, 0.5) is 0 Å². The fourth-order valence-electron chi connectivity index (χ4n) is 1.41. The fourth-order valence-corrected chi connectivity index (χ4v) is 1.78.